The summed E-state index contributed by atoms with van der Waals surface area (Å²) in [6.45, 7) is 2.59. The molecule has 1 amide bonds. The average molecular weight is 402 g/mol. The first kappa shape index (κ1) is 19.3. The number of benzene rings is 1. The molecule has 0 saturated carbocycles. The van der Waals surface area contributed by atoms with Crippen LogP contribution < -0.4 is 15.9 Å². The number of ether oxygens (including phenoxy) is 1. The Morgan fingerprint density at radius 2 is 2.04 bits per heavy atom. The number of hydrogen-bond donors (Lipinski definition) is 2. The largest absolute Gasteiger partial charge is 0.493 e. The maximum Gasteiger partial charge on any atom is 0.291 e. The van der Waals surface area contributed by atoms with Crippen molar-refractivity contribution in [3.63, 3.8) is 0 Å². The van der Waals surface area contributed by atoms with Gasteiger partial charge in [-0.3, -0.25) is 4.79 Å². The van der Waals surface area contributed by atoms with Crippen LogP contribution in [0.25, 0.3) is 0 Å². The fourth-order valence-corrected chi connectivity index (χ4v) is 2.42. The number of anilines is 1. The van der Waals surface area contributed by atoms with Crippen LogP contribution in [0.15, 0.2) is 29.4 Å². The Morgan fingerprint density at radius 1 is 1.32 bits per heavy atom. The van der Waals surface area contributed by atoms with Gasteiger partial charge < -0.3 is 10.5 Å². The van der Waals surface area contributed by atoms with E-state index < -0.39 is 5.91 Å². The van der Waals surface area contributed by atoms with Gasteiger partial charge in [0.1, 0.15) is 10.8 Å². The zero-order valence-corrected chi connectivity index (χ0v) is 15.5. The van der Waals surface area contributed by atoms with Gasteiger partial charge in [-0.25, -0.2) is 10.4 Å². The van der Waals surface area contributed by atoms with Crippen molar-refractivity contribution in [1.82, 2.24) is 10.4 Å². The van der Waals surface area contributed by atoms with Crippen LogP contribution >= 0.6 is 34.8 Å². The molecule has 0 atom stereocenters. The van der Waals surface area contributed by atoms with E-state index in [2.05, 4.69) is 15.5 Å². The molecule has 1 aromatic heterocycles. The molecule has 0 bridgehead atoms. The summed E-state index contributed by atoms with van der Waals surface area (Å²) >= 11 is 17.6. The minimum absolute atomic E-state index is 0.00582. The fourth-order valence-electron chi connectivity index (χ4n) is 1.83. The van der Waals surface area contributed by atoms with E-state index in [1.165, 1.54) is 6.21 Å². The van der Waals surface area contributed by atoms with E-state index in [0.717, 1.165) is 6.42 Å². The summed E-state index contributed by atoms with van der Waals surface area (Å²) in [6.07, 6.45) is 2.34. The zero-order chi connectivity index (χ0) is 18.4. The number of carbonyl (C=O) groups is 1. The number of nitrogens with two attached hydrogens (primary N) is 1. The summed E-state index contributed by atoms with van der Waals surface area (Å²) in [7, 11) is 0. The quantitative estimate of drug-likeness (QED) is 0.432. The van der Waals surface area contributed by atoms with Crippen molar-refractivity contribution >= 4 is 52.6 Å². The van der Waals surface area contributed by atoms with Crippen LogP contribution in [0.4, 0.5) is 5.69 Å². The van der Waals surface area contributed by atoms with Crippen molar-refractivity contribution in [2.75, 3.05) is 12.3 Å². The molecule has 0 spiro atoms. The van der Waals surface area contributed by atoms with E-state index in [0.29, 0.717) is 17.9 Å². The number of hydrogen-bond acceptors (Lipinski definition) is 5. The van der Waals surface area contributed by atoms with Crippen LogP contribution in [-0.4, -0.2) is 23.7 Å². The summed E-state index contributed by atoms with van der Waals surface area (Å²) in [5, 5.41) is 3.68. The number of halogens is 3. The topological polar surface area (TPSA) is 89.6 Å². The van der Waals surface area contributed by atoms with Crippen molar-refractivity contribution in [2.24, 2.45) is 5.10 Å². The summed E-state index contributed by atoms with van der Waals surface area (Å²) in [5.74, 6) is -0.00392. The van der Waals surface area contributed by atoms with Gasteiger partial charge in [-0.15, -0.1) is 0 Å². The Labute approximate surface area is 159 Å². The Kier molecular flexibility index (Phi) is 6.87. The molecule has 6 nitrogen and oxygen atoms in total. The van der Waals surface area contributed by atoms with Crippen molar-refractivity contribution < 1.29 is 9.53 Å². The predicted molar refractivity (Wildman–Crippen MR) is 101 cm³/mol. The van der Waals surface area contributed by atoms with Gasteiger partial charge in [0.15, 0.2) is 10.8 Å². The van der Waals surface area contributed by atoms with Crippen molar-refractivity contribution in [3.8, 4) is 5.75 Å². The van der Waals surface area contributed by atoms with Crippen molar-refractivity contribution in [2.45, 2.75) is 13.3 Å². The number of amides is 1. The molecule has 132 valence electrons. The Hall–Kier alpha value is -2.02. The van der Waals surface area contributed by atoms with Gasteiger partial charge in [0, 0.05) is 5.56 Å². The van der Waals surface area contributed by atoms with E-state index in [4.69, 9.17) is 45.3 Å². The molecule has 0 aliphatic carbocycles. The van der Waals surface area contributed by atoms with Crippen LogP contribution in [0, 0.1) is 0 Å². The highest BCUT2D eigenvalue weighted by Crippen LogP contribution is 2.34. The third-order valence-corrected chi connectivity index (χ3v) is 4.17. The molecular weight excluding hydrogens is 387 g/mol. The zero-order valence-electron chi connectivity index (χ0n) is 13.2. The maximum absolute atomic E-state index is 12.2. The second-order valence-electron chi connectivity index (χ2n) is 4.88. The van der Waals surface area contributed by atoms with Gasteiger partial charge in [-0.1, -0.05) is 53.9 Å². The van der Waals surface area contributed by atoms with Gasteiger partial charge in [-0.05, 0) is 18.6 Å². The van der Waals surface area contributed by atoms with E-state index in [-0.39, 0.29) is 26.6 Å². The molecule has 0 fully saturated rings. The van der Waals surface area contributed by atoms with Gasteiger partial charge in [-0.2, -0.15) is 5.10 Å². The van der Waals surface area contributed by atoms with Crippen LogP contribution in [0.2, 0.25) is 15.2 Å². The molecule has 0 aliphatic rings. The molecular formula is C16H15Cl3N4O2. The van der Waals surface area contributed by atoms with E-state index in [1.54, 1.807) is 0 Å². The lowest BCUT2D eigenvalue weighted by molar-refractivity contribution is 0.0950. The van der Waals surface area contributed by atoms with Crippen LogP contribution in [0.3, 0.4) is 0 Å². The number of pyridine rings is 1. The molecule has 1 heterocycles. The molecule has 0 unspecified atom stereocenters. The molecule has 1 aromatic carbocycles. The van der Waals surface area contributed by atoms with Crippen molar-refractivity contribution in [3.05, 3.63) is 50.7 Å². The highest BCUT2D eigenvalue weighted by molar-refractivity contribution is 6.46. The number of nitrogen functional groups attached to an aromatic ring is 1. The SMILES string of the molecule is CCCOc1ccccc1/C=N/NC(=O)c1nc(Cl)c(Cl)c(N)c1Cl. The van der Waals surface area contributed by atoms with E-state index in [1.807, 2.05) is 31.2 Å². The second-order valence-corrected chi connectivity index (χ2v) is 5.99. The first-order valence-corrected chi connectivity index (χ1v) is 8.44. The van der Waals surface area contributed by atoms with Crippen LogP contribution in [-0.2, 0) is 0 Å². The van der Waals surface area contributed by atoms with Gasteiger partial charge in [0.2, 0.25) is 0 Å². The molecule has 0 aliphatic heterocycles. The van der Waals surface area contributed by atoms with Gasteiger partial charge in [0.05, 0.1) is 23.5 Å². The highest BCUT2D eigenvalue weighted by atomic mass is 35.5. The molecule has 0 saturated heterocycles. The smallest absolute Gasteiger partial charge is 0.291 e. The molecule has 25 heavy (non-hydrogen) atoms. The lowest BCUT2D eigenvalue weighted by Gasteiger charge is -2.08. The average Bonchev–Trinajstić information content (AvgIpc) is 2.62. The molecule has 2 rings (SSSR count). The third-order valence-electron chi connectivity index (χ3n) is 3.04. The predicted octanol–water partition coefficient (Wildman–Crippen LogP) is 4.18. The number of carbonyl (C=O) groups excluding carboxylic acids is 1. The summed E-state index contributed by atoms with van der Waals surface area (Å²) < 4.78 is 5.61. The Bertz CT molecular complexity index is 812. The Morgan fingerprint density at radius 3 is 2.76 bits per heavy atom. The minimum Gasteiger partial charge on any atom is -0.493 e. The standard InChI is InChI=1S/C16H15Cl3N4O2/c1-2-7-25-10-6-4-3-5-9(10)8-21-23-16(24)14-11(17)13(20)12(18)15(19)22-14/h3-6,8H,2,7H2,1H3,(H2,20,22)(H,23,24)/b21-8+. The third kappa shape index (κ3) is 4.75. The van der Waals surface area contributed by atoms with Crippen LogP contribution in [0.1, 0.15) is 29.4 Å². The van der Waals surface area contributed by atoms with E-state index in [9.17, 15) is 4.79 Å². The first-order chi connectivity index (χ1) is 12.0. The molecule has 9 heteroatoms. The number of aromatic nitrogens is 1. The number of rotatable bonds is 6. The fraction of sp³-hybridized carbons (Fsp3) is 0.188. The lowest BCUT2D eigenvalue weighted by atomic mass is 10.2. The van der Waals surface area contributed by atoms with E-state index >= 15 is 0 Å². The molecule has 0 radical (unpaired) electrons. The highest BCUT2D eigenvalue weighted by Gasteiger charge is 2.19. The maximum atomic E-state index is 12.2. The summed E-state index contributed by atoms with van der Waals surface area (Å²) in [6, 6.07) is 7.31. The molecule has 3 N–H and O–H groups in total. The summed E-state index contributed by atoms with van der Waals surface area (Å²) in [4.78, 5) is 16.0. The van der Waals surface area contributed by atoms with Gasteiger partial charge in [0.25, 0.3) is 5.91 Å². The van der Waals surface area contributed by atoms with Gasteiger partial charge >= 0.3 is 0 Å². The first-order valence-electron chi connectivity index (χ1n) is 7.30. The number of nitrogens with one attached hydrogen (secondary N) is 1. The summed E-state index contributed by atoms with van der Waals surface area (Å²) in [5.41, 5.74) is 8.53. The monoisotopic (exact) mass is 400 g/mol. The second kappa shape index (κ2) is 8.89. The normalized spacial score (nSPS) is 10.9. The minimum atomic E-state index is -0.668. The number of nitrogens with zero attached hydrogens (tertiary/aromatic N) is 2. The van der Waals surface area contributed by atoms with Crippen LogP contribution in [0.5, 0.6) is 5.75 Å². The molecule has 2 aromatic rings. The number of para-hydroxylation sites is 1. The lowest BCUT2D eigenvalue weighted by Crippen LogP contribution is -2.20. The van der Waals surface area contributed by atoms with Crippen molar-refractivity contribution in [1.29, 1.82) is 0 Å². The number of hydrazone groups is 1. The Balaban J connectivity index is 2.14.